The summed E-state index contributed by atoms with van der Waals surface area (Å²) in [6, 6.07) is 9.05. The molecule has 18 heavy (non-hydrogen) atoms. The first kappa shape index (κ1) is 13.9. The molecule has 2 N–H and O–H groups in total. The molecule has 4 nitrogen and oxygen atoms in total. The molecule has 0 aliphatic rings. The van der Waals surface area contributed by atoms with Gasteiger partial charge in [0.05, 0.1) is 11.6 Å². The summed E-state index contributed by atoms with van der Waals surface area (Å²) in [6.45, 7) is 2.34. The molecule has 1 unspecified atom stereocenters. The van der Waals surface area contributed by atoms with Crippen LogP contribution in [0.3, 0.4) is 0 Å². The van der Waals surface area contributed by atoms with Gasteiger partial charge in [0.25, 0.3) is 0 Å². The summed E-state index contributed by atoms with van der Waals surface area (Å²) < 4.78 is 0. The standard InChI is InChI=1S/C14H16N2O2/c1-11(10-17)9-16-14(18)6-5-12-3-2-4-13(7-12)8-15/h2-7,11,17H,9-10H2,1H3,(H,16,18). The first-order valence-electron chi connectivity index (χ1n) is 5.72. The Morgan fingerprint density at radius 1 is 1.61 bits per heavy atom. The van der Waals surface area contributed by atoms with E-state index in [1.807, 2.05) is 19.1 Å². The molecule has 0 fully saturated rings. The Kier molecular flexibility index (Phi) is 5.62. The third kappa shape index (κ3) is 4.81. The zero-order valence-electron chi connectivity index (χ0n) is 10.3. The summed E-state index contributed by atoms with van der Waals surface area (Å²) in [6.07, 6.45) is 3.07. The molecule has 0 aliphatic carbocycles. The molecule has 1 rings (SSSR count). The van der Waals surface area contributed by atoms with Gasteiger partial charge >= 0.3 is 0 Å². The van der Waals surface area contributed by atoms with Gasteiger partial charge in [-0.1, -0.05) is 19.1 Å². The van der Waals surface area contributed by atoms with Crippen molar-refractivity contribution in [3.63, 3.8) is 0 Å². The van der Waals surface area contributed by atoms with Gasteiger partial charge in [-0.25, -0.2) is 0 Å². The minimum atomic E-state index is -0.210. The van der Waals surface area contributed by atoms with E-state index in [4.69, 9.17) is 10.4 Å². The number of hydrogen-bond acceptors (Lipinski definition) is 3. The number of carbonyl (C=O) groups excluding carboxylic acids is 1. The third-order valence-corrected chi connectivity index (χ3v) is 2.38. The van der Waals surface area contributed by atoms with E-state index in [1.165, 1.54) is 6.08 Å². The van der Waals surface area contributed by atoms with E-state index >= 15 is 0 Å². The van der Waals surface area contributed by atoms with E-state index in [-0.39, 0.29) is 18.4 Å². The molecule has 1 atom stereocenters. The highest BCUT2D eigenvalue weighted by Gasteiger charge is 2.01. The number of rotatable bonds is 5. The molecule has 0 spiro atoms. The molecule has 0 aromatic heterocycles. The summed E-state index contributed by atoms with van der Waals surface area (Å²) in [7, 11) is 0. The Hall–Kier alpha value is -2.12. The van der Waals surface area contributed by atoms with Crippen molar-refractivity contribution in [1.29, 1.82) is 5.26 Å². The molecule has 0 saturated carbocycles. The molecule has 94 valence electrons. The lowest BCUT2D eigenvalue weighted by Gasteiger charge is -2.07. The second kappa shape index (κ2) is 7.25. The van der Waals surface area contributed by atoms with Gasteiger partial charge in [0, 0.05) is 19.2 Å². The SMILES string of the molecule is CC(CO)CNC(=O)C=Cc1cccc(C#N)c1. The Morgan fingerprint density at radius 2 is 2.39 bits per heavy atom. The lowest BCUT2D eigenvalue weighted by atomic mass is 10.1. The van der Waals surface area contributed by atoms with E-state index in [0.717, 1.165) is 5.56 Å². The fraction of sp³-hybridized carbons (Fsp3) is 0.286. The second-order valence-electron chi connectivity index (χ2n) is 4.10. The molecule has 0 saturated heterocycles. The van der Waals surface area contributed by atoms with Crippen molar-refractivity contribution < 1.29 is 9.90 Å². The number of nitrogens with zero attached hydrogens (tertiary/aromatic N) is 1. The lowest BCUT2D eigenvalue weighted by molar-refractivity contribution is -0.116. The predicted octanol–water partition coefficient (Wildman–Crippen LogP) is 1.32. The van der Waals surface area contributed by atoms with Gasteiger partial charge in [0.2, 0.25) is 5.91 Å². The molecule has 1 aromatic carbocycles. The second-order valence-corrected chi connectivity index (χ2v) is 4.10. The average molecular weight is 244 g/mol. The van der Waals surface area contributed by atoms with Crippen LogP contribution in [0.4, 0.5) is 0 Å². The molecule has 0 aliphatic heterocycles. The lowest BCUT2D eigenvalue weighted by Crippen LogP contribution is -2.27. The molecule has 4 heteroatoms. The molecular weight excluding hydrogens is 228 g/mol. The van der Waals surface area contributed by atoms with E-state index in [9.17, 15) is 4.79 Å². The highest BCUT2D eigenvalue weighted by Crippen LogP contribution is 2.05. The highest BCUT2D eigenvalue weighted by molar-refractivity contribution is 5.91. The maximum absolute atomic E-state index is 11.4. The van der Waals surface area contributed by atoms with Crippen molar-refractivity contribution in [2.75, 3.05) is 13.2 Å². The van der Waals surface area contributed by atoms with Crippen LogP contribution in [0, 0.1) is 17.2 Å². The van der Waals surface area contributed by atoms with Crippen LogP contribution in [0.2, 0.25) is 0 Å². The zero-order chi connectivity index (χ0) is 13.4. The number of carbonyl (C=O) groups is 1. The average Bonchev–Trinajstić information content (AvgIpc) is 2.42. The van der Waals surface area contributed by atoms with Crippen molar-refractivity contribution in [2.45, 2.75) is 6.92 Å². The fourth-order valence-corrected chi connectivity index (χ4v) is 1.28. The third-order valence-electron chi connectivity index (χ3n) is 2.38. The zero-order valence-corrected chi connectivity index (χ0v) is 10.3. The molecule has 1 aromatic rings. The van der Waals surface area contributed by atoms with Crippen LogP contribution >= 0.6 is 0 Å². The number of aliphatic hydroxyl groups excluding tert-OH is 1. The predicted molar refractivity (Wildman–Crippen MR) is 69.5 cm³/mol. The number of nitriles is 1. The van der Waals surface area contributed by atoms with Crippen LogP contribution in [0.15, 0.2) is 30.3 Å². The minimum Gasteiger partial charge on any atom is -0.396 e. The van der Waals surface area contributed by atoms with Gasteiger partial charge in [-0.15, -0.1) is 0 Å². The van der Waals surface area contributed by atoms with Gasteiger partial charge in [-0.3, -0.25) is 4.79 Å². The summed E-state index contributed by atoms with van der Waals surface area (Å²) in [4.78, 5) is 11.4. The van der Waals surface area contributed by atoms with Crippen LogP contribution in [-0.4, -0.2) is 24.2 Å². The quantitative estimate of drug-likeness (QED) is 0.767. The van der Waals surface area contributed by atoms with Crippen molar-refractivity contribution in [1.82, 2.24) is 5.32 Å². The monoisotopic (exact) mass is 244 g/mol. The number of aliphatic hydroxyl groups is 1. The first-order chi connectivity index (χ1) is 8.65. The van der Waals surface area contributed by atoms with Crippen molar-refractivity contribution >= 4 is 12.0 Å². The van der Waals surface area contributed by atoms with Gasteiger partial charge in [-0.05, 0) is 29.7 Å². The summed E-state index contributed by atoms with van der Waals surface area (Å²) >= 11 is 0. The summed E-state index contributed by atoms with van der Waals surface area (Å²) in [5.41, 5.74) is 1.37. The van der Waals surface area contributed by atoms with Crippen LogP contribution in [0.1, 0.15) is 18.1 Å². The minimum absolute atomic E-state index is 0.0456. The van der Waals surface area contributed by atoms with Crippen molar-refractivity contribution in [3.8, 4) is 6.07 Å². The molecule has 0 radical (unpaired) electrons. The van der Waals surface area contributed by atoms with Gasteiger partial charge < -0.3 is 10.4 Å². The Balaban J connectivity index is 2.53. The highest BCUT2D eigenvalue weighted by atomic mass is 16.3. The topological polar surface area (TPSA) is 73.1 Å². The number of hydrogen-bond donors (Lipinski definition) is 2. The van der Waals surface area contributed by atoms with E-state index in [0.29, 0.717) is 12.1 Å². The van der Waals surface area contributed by atoms with Gasteiger partial charge in [-0.2, -0.15) is 5.26 Å². The maximum Gasteiger partial charge on any atom is 0.244 e. The Labute approximate surface area is 107 Å². The largest absolute Gasteiger partial charge is 0.396 e. The number of amides is 1. The Bertz CT molecular complexity index is 475. The van der Waals surface area contributed by atoms with Crippen molar-refractivity contribution in [3.05, 3.63) is 41.5 Å². The van der Waals surface area contributed by atoms with Crippen molar-refractivity contribution in [2.24, 2.45) is 5.92 Å². The summed E-state index contributed by atoms with van der Waals surface area (Å²) in [5, 5.41) is 20.2. The molecule has 0 bridgehead atoms. The first-order valence-corrected chi connectivity index (χ1v) is 5.72. The molecule has 0 heterocycles. The number of benzene rings is 1. The van der Waals surface area contributed by atoms with Crippen LogP contribution in [0.5, 0.6) is 0 Å². The maximum atomic E-state index is 11.4. The van der Waals surface area contributed by atoms with Crippen LogP contribution in [0.25, 0.3) is 6.08 Å². The normalized spacial score (nSPS) is 12.1. The van der Waals surface area contributed by atoms with E-state index in [2.05, 4.69) is 5.32 Å². The molecular formula is C14H16N2O2. The van der Waals surface area contributed by atoms with E-state index in [1.54, 1.807) is 24.3 Å². The smallest absolute Gasteiger partial charge is 0.244 e. The van der Waals surface area contributed by atoms with E-state index < -0.39 is 0 Å². The Morgan fingerprint density at radius 3 is 3.06 bits per heavy atom. The fourth-order valence-electron chi connectivity index (χ4n) is 1.28. The summed E-state index contributed by atoms with van der Waals surface area (Å²) in [5.74, 6) is -0.165. The van der Waals surface area contributed by atoms with Gasteiger partial charge in [0.1, 0.15) is 0 Å². The number of nitrogens with one attached hydrogen (secondary N) is 1. The van der Waals surface area contributed by atoms with Crippen LogP contribution < -0.4 is 5.32 Å². The molecule has 1 amide bonds. The van der Waals surface area contributed by atoms with Gasteiger partial charge in [0.15, 0.2) is 0 Å². The van der Waals surface area contributed by atoms with Crippen LogP contribution in [-0.2, 0) is 4.79 Å².